The van der Waals surface area contributed by atoms with Crippen molar-refractivity contribution in [3.05, 3.63) is 156 Å². The van der Waals surface area contributed by atoms with Crippen molar-refractivity contribution in [2.45, 2.75) is 58.2 Å². The maximum Gasteiger partial charge on any atom is 0.159 e. The van der Waals surface area contributed by atoms with Gasteiger partial charge >= 0.3 is 0 Å². The standard InChI is InChI=1S/C49H43NOSi/c1-48(2)40-20-12-11-17-34(40)38-28-43-39(29-42(38)48)37-26-30-23-24-33(25-31(30)27-41(37)49(43,3)4)50(32-15-9-8-10-16-32)44-21-13-18-35-36-19-14-22-45(52(5,6)7)47(36)51-46(35)44/h8-29H,1-7H3. The second kappa shape index (κ2) is 10.6. The number of para-hydroxylation sites is 3. The molecule has 8 aromatic rings. The van der Waals surface area contributed by atoms with Crippen molar-refractivity contribution in [1.29, 1.82) is 0 Å². The third kappa shape index (κ3) is 4.29. The van der Waals surface area contributed by atoms with Gasteiger partial charge in [0.1, 0.15) is 5.58 Å². The molecule has 0 aliphatic heterocycles. The summed E-state index contributed by atoms with van der Waals surface area (Å²) in [6.45, 7) is 16.7. The van der Waals surface area contributed by atoms with Crippen molar-refractivity contribution in [3.63, 3.8) is 0 Å². The van der Waals surface area contributed by atoms with E-state index >= 15 is 0 Å². The van der Waals surface area contributed by atoms with Crippen LogP contribution in [-0.2, 0) is 10.8 Å². The number of hydrogen-bond donors (Lipinski definition) is 0. The number of anilines is 3. The van der Waals surface area contributed by atoms with Crippen LogP contribution in [0.1, 0.15) is 49.9 Å². The number of fused-ring (bicyclic) bond motifs is 10. The van der Waals surface area contributed by atoms with E-state index in [0.29, 0.717) is 0 Å². The molecule has 3 heteroatoms. The minimum Gasteiger partial charge on any atom is -0.454 e. The molecule has 0 unspecified atom stereocenters. The fourth-order valence-corrected chi connectivity index (χ4v) is 10.8. The second-order valence-electron chi connectivity index (χ2n) is 17.0. The van der Waals surface area contributed by atoms with E-state index in [1.807, 2.05) is 0 Å². The monoisotopic (exact) mass is 689 g/mol. The fourth-order valence-electron chi connectivity index (χ4n) is 9.37. The lowest BCUT2D eigenvalue weighted by Crippen LogP contribution is -2.37. The van der Waals surface area contributed by atoms with Gasteiger partial charge < -0.3 is 9.32 Å². The average molecular weight is 690 g/mol. The van der Waals surface area contributed by atoms with Crippen molar-refractivity contribution in [2.75, 3.05) is 4.90 Å². The van der Waals surface area contributed by atoms with E-state index < -0.39 is 8.07 Å². The largest absolute Gasteiger partial charge is 0.454 e. The molecule has 254 valence electrons. The minimum atomic E-state index is -1.64. The smallest absolute Gasteiger partial charge is 0.159 e. The highest BCUT2D eigenvalue weighted by atomic mass is 28.3. The molecule has 0 atom stereocenters. The first-order chi connectivity index (χ1) is 24.9. The second-order valence-corrected chi connectivity index (χ2v) is 22.1. The Labute approximate surface area is 307 Å². The quantitative estimate of drug-likeness (QED) is 0.171. The van der Waals surface area contributed by atoms with Gasteiger partial charge in [-0.2, -0.15) is 0 Å². The molecule has 0 fully saturated rings. The van der Waals surface area contributed by atoms with Gasteiger partial charge in [0.15, 0.2) is 5.58 Å². The molecule has 0 saturated heterocycles. The molecule has 1 heterocycles. The Balaban J connectivity index is 1.15. The van der Waals surface area contributed by atoms with Gasteiger partial charge in [0.05, 0.1) is 13.8 Å². The zero-order chi connectivity index (χ0) is 35.7. The Morgan fingerprint density at radius 1 is 0.462 bits per heavy atom. The molecule has 7 aromatic carbocycles. The van der Waals surface area contributed by atoms with Gasteiger partial charge in [0, 0.05) is 33.0 Å². The molecule has 0 N–H and O–H groups in total. The summed E-state index contributed by atoms with van der Waals surface area (Å²) in [6, 6.07) is 49.8. The van der Waals surface area contributed by atoms with E-state index in [1.54, 1.807) is 0 Å². The summed E-state index contributed by atoms with van der Waals surface area (Å²) in [7, 11) is -1.64. The molecular formula is C49H43NOSi. The zero-order valence-corrected chi connectivity index (χ0v) is 32.1. The van der Waals surface area contributed by atoms with Gasteiger partial charge in [-0.3, -0.25) is 0 Å². The Morgan fingerprint density at radius 3 is 1.83 bits per heavy atom. The van der Waals surface area contributed by atoms with E-state index in [2.05, 4.69) is 186 Å². The van der Waals surface area contributed by atoms with Crippen LogP contribution in [0.2, 0.25) is 19.6 Å². The molecule has 52 heavy (non-hydrogen) atoms. The summed E-state index contributed by atoms with van der Waals surface area (Å²) in [5, 5.41) is 6.21. The summed E-state index contributed by atoms with van der Waals surface area (Å²) in [5.41, 5.74) is 16.3. The van der Waals surface area contributed by atoms with E-state index in [4.69, 9.17) is 4.42 Å². The minimum absolute atomic E-state index is 0.0283. The van der Waals surface area contributed by atoms with Crippen LogP contribution in [0, 0.1) is 0 Å². The van der Waals surface area contributed by atoms with Gasteiger partial charge in [0.25, 0.3) is 0 Å². The van der Waals surface area contributed by atoms with E-state index in [1.165, 1.54) is 65.9 Å². The van der Waals surface area contributed by atoms with Crippen LogP contribution in [0.5, 0.6) is 0 Å². The summed E-state index contributed by atoms with van der Waals surface area (Å²) in [6.07, 6.45) is 0. The first kappa shape index (κ1) is 31.4. The number of nitrogens with zero attached hydrogens (tertiary/aromatic N) is 1. The molecule has 2 nitrogen and oxygen atoms in total. The zero-order valence-electron chi connectivity index (χ0n) is 31.1. The Hall–Kier alpha value is -5.38. The Bertz CT molecular complexity index is 2780. The van der Waals surface area contributed by atoms with E-state index in [0.717, 1.165) is 33.6 Å². The highest BCUT2D eigenvalue weighted by Crippen LogP contribution is 2.56. The van der Waals surface area contributed by atoms with Crippen LogP contribution >= 0.6 is 0 Å². The van der Waals surface area contributed by atoms with Crippen LogP contribution < -0.4 is 10.1 Å². The lowest BCUT2D eigenvalue weighted by atomic mass is 9.79. The van der Waals surface area contributed by atoms with Crippen molar-refractivity contribution in [1.82, 2.24) is 0 Å². The molecule has 0 bridgehead atoms. The molecule has 2 aliphatic carbocycles. The lowest BCUT2D eigenvalue weighted by molar-refractivity contribution is 0.652. The highest BCUT2D eigenvalue weighted by Gasteiger charge is 2.41. The molecule has 10 rings (SSSR count). The molecule has 0 spiro atoms. The van der Waals surface area contributed by atoms with Crippen molar-refractivity contribution >= 4 is 63.0 Å². The molecule has 2 aliphatic rings. The summed E-state index contributed by atoms with van der Waals surface area (Å²) in [5.74, 6) is 0. The fraction of sp³-hybridized carbons (Fsp3) is 0.184. The van der Waals surface area contributed by atoms with Gasteiger partial charge in [-0.1, -0.05) is 126 Å². The Morgan fingerprint density at radius 2 is 1.08 bits per heavy atom. The van der Waals surface area contributed by atoms with Gasteiger partial charge in [-0.05, 0) is 115 Å². The maximum atomic E-state index is 6.94. The van der Waals surface area contributed by atoms with Gasteiger partial charge in [-0.25, -0.2) is 0 Å². The Kier molecular flexibility index (Phi) is 6.38. The average Bonchev–Trinajstić information content (AvgIpc) is 3.70. The molecule has 1 aromatic heterocycles. The molecular weight excluding hydrogens is 647 g/mol. The predicted molar refractivity (Wildman–Crippen MR) is 224 cm³/mol. The first-order valence-corrected chi connectivity index (χ1v) is 22.1. The van der Waals surface area contributed by atoms with Crippen molar-refractivity contribution < 1.29 is 4.42 Å². The summed E-state index contributed by atoms with van der Waals surface area (Å²) >= 11 is 0. The van der Waals surface area contributed by atoms with E-state index in [-0.39, 0.29) is 10.8 Å². The van der Waals surface area contributed by atoms with Crippen LogP contribution in [0.4, 0.5) is 17.1 Å². The number of hydrogen-bond acceptors (Lipinski definition) is 2. The first-order valence-electron chi connectivity index (χ1n) is 18.6. The van der Waals surface area contributed by atoms with Crippen molar-refractivity contribution in [3.8, 4) is 22.3 Å². The number of rotatable bonds is 4. The van der Waals surface area contributed by atoms with Gasteiger partial charge in [-0.15, -0.1) is 0 Å². The third-order valence-electron chi connectivity index (χ3n) is 12.1. The van der Waals surface area contributed by atoms with Crippen LogP contribution in [0.3, 0.4) is 0 Å². The van der Waals surface area contributed by atoms with Gasteiger partial charge in [0.2, 0.25) is 0 Å². The molecule has 0 amide bonds. The number of benzene rings is 7. The van der Waals surface area contributed by atoms with Crippen LogP contribution in [-0.4, -0.2) is 8.07 Å². The molecule has 0 saturated carbocycles. The van der Waals surface area contributed by atoms with E-state index in [9.17, 15) is 0 Å². The topological polar surface area (TPSA) is 16.4 Å². The number of furan rings is 1. The molecule has 0 radical (unpaired) electrons. The van der Waals surface area contributed by atoms with Crippen molar-refractivity contribution in [2.24, 2.45) is 0 Å². The SMILES string of the molecule is CC1(C)c2ccccc2-c2cc3c(cc21)-c1cc2ccc(N(c4ccccc4)c4cccc5c4oc4c([Si](C)(C)C)cccc45)cc2cc1C3(C)C. The summed E-state index contributed by atoms with van der Waals surface area (Å²) in [4.78, 5) is 2.37. The normalized spacial score (nSPS) is 15.1. The maximum absolute atomic E-state index is 6.94. The van der Waals surface area contributed by atoms with Crippen LogP contribution in [0.25, 0.3) is 55.0 Å². The highest BCUT2D eigenvalue weighted by molar-refractivity contribution is 6.90. The summed E-state index contributed by atoms with van der Waals surface area (Å²) < 4.78 is 6.94. The third-order valence-corrected chi connectivity index (χ3v) is 14.2. The predicted octanol–water partition coefficient (Wildman–Crippen LogP) is 13.4. The van der Waals surface area contributed by atoms with Crippen LogP contribution in [0.15, 0.2) is 138 Å². The lowest BCUT2D eigenvalue weighted by Gasteiger charge is -2.26.